The number of ether oxygens (including phenoxy) is 2. The molecule has 0 saturated carbocycles. The molecule has 0 bridgehead atoms. The first-order chi connectivity index (χ1) is 11.2. The minimum absolute atomic E-state index is 0.00975. The minimum Gasteiger partial charge on any atom is -0.494 e. The topological polar surface area (TPSA) is 55.8 Å². The zero-order valence-electron chi connectivity index (χ0n) is 15.2. The van der Waals surface area contributed by atoms with Crippen LogP contribution in [0.3, 0.4) is 0 Å². The Morgan fingerprint density at radius 3 is 2.42 bits per heavy atom. The molecule has 5 heteroatoms. The highest BCUT2D eigenvalue weighted by Gasteiger charge is 2.45. The standard InChI is InChI=1S/C19H25NO4/c1-8-24-12(4)13-9-15-16(10-14(13)17(21)23-7)20(11(2)3)18(22)19(15,5)6/h9-11H,4,8H2,1-3,5-7H3. The smallest absolute Gasteiger partial charge is 0.338 e. The van der Waals surface area contributed by atoms with E-state index in [4.69, 9.17) is 9.47 Å². The highest BCUT2D eigenvalue weighted by atomic mass is 16.5. The van der Waals surface area contributed by atoms with Crippen LogP contribution >= 0.6 is 0 Å². The first-order valence-corrected chi connectivity index (χ1v) is 8.09. The summed E-state index contributed by atoms with van der Waals surface area (Å²) in [5, 5.41) is 0. The van der Waals surface area contributed by atoms with Crippen molar-refractivity contribution in [2.75, 3.05) is 18.6 Å². The van der Waals surface area contributed by atoms with Crippen LogP contribution in [0.25, 0.3) is 5.76 Å². The maximum absolute atomic E-state index is 12.8. The fraction of sp³-hybridized carbons (Fsp3) is 0.474. The second-order valence-electron chi connectivity index (χ2n) is 6.66. The van der Waals surface area contributed by atoms with Gasteiger partial charge in [0.1, 0.15) is 5.76 Å². The van der Waals surface area contributed by atoms with E-state index in [2.05, 4.69) is 6.58 Å². The van der Waals surface area contributed by atoms with Gasteiger partial charge in [-0.1, -0.05) is 6.58 Å². The van der Waals surface area contributed by atoms with Gasteiger partial charge in [0.2, 0.25) is 5.91 Å². The Morgan fingerprint density at radius 2 is 1.92 bits per heavy atom. The summed E-state index contributed by atoms with van der Waals surface area (Å²) in [6.45, 7) is 13.9. The Labute approximate surface area is 143 Å². The molecule has 0 unspecified atom stereocenters. The maximum Gasteiger partial charge on any atom is 0.338 e. The Morgan fingerprint density at radius 1 is 1.29 bits per heavy atom. The van der Waals surface area contributed by atoms with Crippen LogP contribution in [-0.4, -0.2) is 31.6 Å². The number of methoxy groups -OCH3 is 1. The first-order valence-electron chi connectivity index (χ1n) is 8.09. The van der Waals surface area contributed by atoms with Crippen molar-refractivity contribution in [3.63, 3.8) is 0 Å². The van der Waals surface area contributed by atoms with E-state index in [1.807, 2.05) is 40.7 Å². The quantitative estimate of drug-likeness (QED) is 0.612. The second-order valence-corrected chi connectivity index (χ2v) is 6.66. The van der Waals surface area contributed by atoms with E-state index in [-0.39, 0.29) is 11.9 Å². The number of hydrogen-bond donors (Lipinski definition) is 0. The molecular weight excluding hydrogens is 306 g/mol. The molecule has 1 aliphatic heterocycles. The molecule has 0 fully saturated rings. The monoisotopic (exact) mass is 331 g/mol. The predicted octanol–water partition coefficient (Wildman–Crippen LogP) is 3.51. The van der Waals surface area contributed by atoms with E-state index in [1.54, 1.807) is 11.0 Å². The van der Waals surface area contributed by atoms with Crippen LogP contribution in [0.1, 0.15) is 56.1 Å². The Kier molecular flexibility index (Phi) is 4.74. The summed E-state index contributed by atoms with van der Waals surface area (Å²) < 4.78 is 10.4. The molecule has 130 valence electrons. The highest BCUT2D eigenvalue weighted by Crippen LogP contribution is 2.45. The third-order valence-electron chi connectivity index (χ3n) is 4.36. The molecule has 0 spiro atoms. The van der Waals surface area contributed by atoms with Gasteiger partial charge in [0, 0.05) is 17.3 Å². The van der Waals surface area contributed by atoms with E-state index in [1.165, 1.54) is 7.11 Å². The van der Waals surface area contributed by atoms with Crippen molar-refractivity contribution in [3.8, 4) is 0 Å². The lowest BCUT2D eigenvalue weighted by Crippen LogP contribution is -2.40. The van der Waals surface area contributed by atoms with Gasteiger partial charge in [0.05, 0.1) is 24.7 Å². The summed E-state index contributed by atoms with van der Waals surface area (Å²) in [5.74, 6) is -0.0658. The zero-order valence-corrected chi connectivity index (χ0v) is 15.2. The molecule has 1 amide bonds. The van der Waals surface area contributed by atoms with Crippen molar-refractivity contribution in [1.29, 1.82) is 0 Å². The Hall–Kier alpha value is -2.30. The molecular formula is C19H25NO4. The summed E-state index contributed by atoms with van der Waals surface area (Å²) in [5.41, 5.74) is 1.85. The number of amides is 1. The van der Waals surface area contributed by atoms with E-state index >= 15 is 0 Å². The zero-order chi connectivity index (χ0) is 18.2. The number of benzene rings is 1. The normalized spacial score (nSPS) is 15.5. The summed E-state index contributed by atoms with van der Waals surface area (Å²) >= 11 is 0. The van der Waals surface area contributed by atoms with Crippen LogP contribution < -0.4 is 4.90 Å². The Bertz CT molecular complexity index is 704. The lowest BCUT2D eigenvalue weighted by atomic mass is 9.84. The van der Waals surface area contributed by atoms with Crippen molar-refractivity contribution in [2.45, 2.75) is 46.1 Å². The molecule has 1 aromatic carbocycles. The number of carbonyl (C=O) groups excluding carboxylic acids is 2. The molecule has 0 saturated heterocycles. The maximum atomic E-state index is 12.8. The average Bonchev–Trinajstić information content (AvgIpc) is 2.72. The number of anilines is 1. The van der Waals surface area contributed by atoms with Crippen LogP contribution in [0.4, 0.5) is 5.69 Å². The van der Waals surface area contributed by atoms with E-state index in [9.17, 15) is 9.59 Å². The minimum atomic E-state index is -0.671. The number of nitrogens with zero attached hydrogens (tertiary/aromatic N) is 1. The third kappa shape index (κ3) is 2.68. The summed E-state index contributed by atoms with van der Waals surface area (Å²) in [4.78, 5) is 26.8. The summed E-state index contributed by atoms with van der Waals surface area (Å²) in [7, 11) is 1.33. The van der Waals surface area contributed by atoms with E-state index < -0.39 is 11.4 Å². The molecule has 0 N–H and O–H groups in total. The molecule has 0 radical (unpaired) electrons. The molecule has 1 aromatic rings. The molecule has 5 nitrogen and oxygen atoms in total. The van der Waals surface area contributed by atoms with Crippen LogP contribution in [0, 0.1) is 0 Å². The second kappa shape index (κ2) is 6.30. The largest absolute Gasteiger partial charge is 0.494 e. The predicted molar refractivity (Wildman–Crippen MR) is 94.1 cm³/mol. The van der Waals surface area contributed by atoms with Crippen LogP contribution in [-0.2, 0) is 19.7 Å². The lowest BCUT2D eigenvalue weighted by Gasteiger charge is -2.24. The summed E-state index contributed by atoms with van der Waals surface area (Å²) in [6.07, 6.45) is 0. The fourth-order valence-corrected chi connectivity index (χ4v) is 3.09. The number of rotatable bonds is 5. The van der Waals surface area contributed by atoms with Crippen LogP contribution in [0.5, 0.6) is 0 Å². The number of esters is 1. The van der Waals surface area contributed by atoms with Crippen molar-refractivity contribution >= 4 is 23.3 Å². The number of hydrogen-bond acceptors (Lipinski definition) is 4. The first kappa shape index (κ1) is 18.0. The summed E-state index contributed by atoms with van der Waals surface area (Å²) in [6, 6.07) is 3.54. The third-order valence-corrected chi connectivity index (χ3v) is 4.36. The van der Waals surface area contributed by atoms with Gasteiger partial charge in [-0.05, 0) is 52.3 Å². The molecule has 0 atom stereocenters. The van der Waals surface area contributed by atoms with Crippen molar-refractivity contribution < 1.29 is 19.1 Å². The molecule has 0 aromatic heterocycles. The molecule has 1 aliphatic rings. The SMILES string of the molecule is C=C(OCC)c1cc2c(cc1C(=O)OC)N(C(C)C)C(=O)C2(C)C. The number of fused-ring (bicyclic) bond motifs is 1. The van der Waals surface area contributed by atoms with Gasteiger partial charge in [-0.15, -0.1) is 0 Å². The van der Waals surface area contributed by atoms with Gasteiger partial charge >= 0.3 is 5.97 Å². The van der Waals surface area contributed by atoms with Crippen molar-refractivity contribution in [3.05, 3.63) is 35.4 Å². The Balaban J connectivity index is 2.74. The van der Waals surface area contributed by atoms with Gasteiger partial charge in [-0.2, -0.15) is 0 Å². The van der Waals surface area contributed by atoms with Gasteiger partial charge in [-0.25, -0.2) is 4.79 Å². The molecule has 0 aliphatic carbocycles. The fourth-order valence-electron chi connectivity index (χ4n) is 3.09. The average molecular weight is 331 g/mol. The van der Waals surface area contributed by atoms with E-state index in [0.717, 1.165) is 11.3 Å². The van der Waals surface area contributed by atoms with Crippen LogP contribution in [0.15, 0.2) is 18.7 Å². The van der Waals surface area contributed by atoms with Crippen molar-refractivity contribution in [2.24, 2.45) is 0 Å². The van der Waals surface area contributed by atoms with Gasteiger partial charge < -0.3 is 14.4 Å². The molecule has 2 rings (SSSR count). The van der Waals surface area contributed by atoms with Gasteiger partial charge in [0.15, 0.2) is 0 Å². The number of carbonyl (C=O) groups is 2. The van der Waals surface area contributed by atoms with E-state index in [0.29, 0.717) is 23.5 Å². The van der Waals surface area contributed by atoms with Gasteiger partial charge in [0.25, 0.3) is 0 Å². The molecule has 24 heavy (non-hydrogen) atoms. The van der Waals surface area contributed by atoms with Gasteiger partial charge in [-0.3, -0.25) is 4.79 Å². The lowest BCUT2D eigenvalue weighted by molar-refractivity contribution is -0.122. The highest BCUT2D eigenvalue weighted by molar-refractivity contribution is 6.10. The van der Waals surface area contributed by atoms with Crippen LogP contribution in [0.2, 0.25) is 0 Å². The molecule has 1 heterocycles. The van der Waals surface area contributed by atoms with Crippen molar-refractivity contribution in [1.82, 2.24) is 0 Å².